The molecule has 1 aliphatic carbocycles. The smallest absolute Gasteiger partial charge is 0.0136 e. The van der Waals surface area contributed by atoms with Crippen molar-refractivity contribution in [1.29, 1.82) is 0 Å². The van der Waals surface area contributed by atoms with E-state index in [9.17, 15) is 0 Å². The Morgan fingerprint density at radius 2 is 2.12 bits per heavy atom. The molecule has 0 spiro atoms. The highest BCUT2D eigenvalue weighted by atomic mass is 14.9. The Kier molecular flexibility index (Phi) is 4.61. The standard InChI is InChI=1S/C16H25N/c1-3-11-17-16-10-6-9-15(16)14-8-5-7-13(4-2)12-14/h5,7-8,12,15-17H,3-4,6,9-11H2,1-2H3. The van der Waals surface area contributed by atoms with Crippen molar-refractivity contribution in [2.75, 3.05) is 6.54 Å². The monoisotopic (exact) mass is 231 g/mol. The fraction of sp³-hybridized carbons (Fsp3) is 0.625. The third kappa shape index (κ3) is 3.10. The lowest BCUT2D eigenvalue weighted by Gasteiger charge is -2.21. The average molecular weight is 231 g/mol. The molecule has 0 amide bonds. The lowest BCUT2D eigenvalue weighted by atomic mass is 9.92. The molecule has 0 radical (unpaired) electrons. The molecule has 0 bridgehead atoms. The molecule has 1 aromatic rings. The van der Waals surface area contributed by atoms with Crippen LogP contribution in [0.5, 0.6) is 0 Å². The molecule has 1 aromatic carbocycles. The first-order valence-electron chi connectivity index (χ1n) is 7.17. The summed E-state index contributed by atoms with van der Waals surface area (Å²) >= 11 is 0. The number of benzene rings is 1. The lowest BCUT2D eigenvalue weighted by Crippen LogP contribution is -2.31. The normalized spacial score (nSPS) is 24.1. The molecule has 0 heterocycles. The maximum Gasteiger partial charge on any atom is 0.0136 e. The zero-order chi connectivity index (χ0) is 12.1. The van der Waals surface area contributed by atoms with Gasteiger partial charge < -0.3 is 5.32 Å². The molecule has 1 heteroatoms. The van der Waals surface area contributed by atoms with E-state index in [1.165, 1.54) is 31.2 Å². The topological polar surface area (TPSA) is 12.0 Å². The molecular formula is C16H25N. The minimum absolute atomic E-state index is 0.710. The van der Waals surface area contributed by atoms with Gasteiger partial charge in [0.05, 0.1) is 0 Å². The SMILES string of the molecule is CCCNC1CCCC1c1cccc(CC)c1. The van der Waals surface area contributed by atoms with Gasteiger partial charge in [-0.25, -0.2) is 0 Å². The highest BCUT2D eigenvalue weighted by molar-refractivity contribution is 5.28. The van der Waals surface area contributed by atoms with Gasteiger partial charge in [-0.1, -0.05) is 44.5 Å². The van der Waals surface area contributed by atoms with Gasteiger partial charge in [0, 0.05) is 6.04 Å². The van der Waals surface area contributed by atoms with E-state index in [-0.39, 0.29) is 0 Å². The molecular weight excluding hydrogens is 206 g/mol. The summed E-state index contributed by atoms with van der Waals surface area (Å²) in [4.78, 5) is 0. The first-order valence-corrected chi connectivity index (χ1v) is 7.17. The molecule has 94 valence electrons. The van der Waals surface area contributed by atoms with E-state index >= 15 is 0 Å². The van der Waals surface area contributed by atoms with Crippen LogP contribution >= 0.6 is 0 Å². The van der Waals surface area contributed by atoms with Gasteiger partial charge in [-0.05, 0) is 49.3 Å². The van der Waals surface area contributed by atoms with Gasteiger partial charge in [-0.3, -0.25) is 0 Å². The van der Waals surface area contributed by atoms with E-state index in [1.807, 2.05) is 0 Å². The van der Waals surface area contributed by atoms with Crippen LogP contribution in [0.3, 0.4) is 0 Å². The van der Waals surface area contributed by atoms with Gasteiger partial charge in [-0.2, -0.15) is 0 Å². The summed E-state index contributed by atoms with van der Waals surface area (Å²) in [5.74, 6) is 0.744. The summed E-state index contributed by atoms with van der Waals surface area (Å²) in [5.41, 5.74) is 3.03. The molecule has 0 aliphatic heterocycles. The molecule has 2 rings (SSSR count). The Bertz CT molecular complexity index is 345. The van der Waals surface area contributed by atoms with Crippen LogP contribution in [0.2, 0.25) is 0 Å². The Hall–Kier alpha value is -0.820. The fourth-order valence-corrected chi connectivity index (χ4v) is 2.98. The largest absolute Gasteiger partial charge is 0.313 e. The summed E-state index contributed by atoms with van der Waals surface area (Å²) in [6, 6.07) is 9.91. The van der Waals surface area contributed by atoms with Crippen LogP contribution in [0.25, 0.3) is 0 Å². The van der Waals surface area contributed by atoms with Crippen molar-refractivity contribution < 1.29 is 0 Å². The van der Waals surface area contributed by atoms with Gasteiger partial charge in [0.1, 0.15) is 0 Å². The van der Waals surface area contributed by atoms with Crippen LogP contribution in [0, 0.1) is 0 Å². The summed E-state index contributed by atoms with van der Waals surface area (Å²) in [7, 11) is 0. The zero-order valence-electron chi connectivity index (χ0n) is 11.2. The maximum atomic E-state index is 3.72. The highest BCUT2D eigenvalue weighted by Gasteiger charge is 2.27. The average Bonchev–Trinajstić information content (AvgIpc) is 2.84. The van der Waals surface area contributed by atoms with Gasteiger partial charge in [-0.15, -0.1) is 0 Å². The molecule has 0 saturated heterocycles. The number of hydrogen-bond acceptors (Lipinski definition) is 1. The van der Waals surface area contributed by atoms with Crippen LogP contribution in [0.1, 0.15) is 56.6 Å². The van der Waals surface area contributed by atoms with Crippen LogP contribution in [0.4, 0.5) is 0 Å². The zero-order valence-corrected chi connectivity index (χ0v) is 11.2. The number of hydrogen-bond donors (Lipinski definition) is 1. The quantitative estimate of drug-likeness (QED) is 0.811. The molecule has 17 heavy (non-hydrogen) atoms. The van der Waals surface area contributed by atoms with Crippen LogP contribution in [-0.4, -0.2) is 12.6 Å². The predicted octanol–water partition coefficient (Wildman–Crippen LogP) is 3.88. The first kappa shape index (κ1) is 12.6. The van der Waals surface area contributed by atoms with E-state index < -0.39 is 0 Å². The van der Waals surface area contributed by atoms with Crippen LogP contribution < -0.4 is 5.32 Å². The summed E-state index contributed by atoms with van der Waals surface area (Å²) in [6.07, 6.45) is 6.46. The second-order valence-corrected chi connectivity index (χ2v) is 5.20. The molecule has 1 fully saturated rings. The van der Waals surface area contributed by atoms with Crippen molar-refractivity contribution in [3.8, 4) is 0 Å². The summed E-state index contributed by atoms with van der Waals surface area (Å²) in [6.45, 7) is 5.64. The third-order valence-corrected chi connectivity index (χ3v) is 3.96. The van der Waals surface area contributed by atoms with E-state index in [0.29, 0.717) is 6.04 Å². The lowest BCUT2D eigenvalue weighted by molar-refractivity contribution is 0.478. The van der Waals surface area contributed by atoms with E-state index in [1.54, 1.807) is 5.56 Å². The van der Waals surface area contributed by atoms with Crippen LogP contribution in [0.15, 0.2) is 24.3 Å². The van der Waals surface area contributed by atoms with Crippen molar-refractivity contribution in [3.63, 3.8) is 0 Å². The minimum atomic E-state index is 0.710. The number of rotatable bonds is 5. The second kappa shape index (κ2) is 6.20. The molecule has 1 nitrogen and oxygen atoms in total. The van der Waals surface area contributed by atoms with Gasteiger partial charge >= 0.3 is 0 Å². The molecule has 2 atom stereocenters. The Morgan fingerprint density at radius 3 is 2.88 bits per heavy atom. The van der Waals surface area contributed by atoms with Gasteiger partial charge in [0.15, 0.2) is 0 Å². The Balaban J connectivity index is 2.08. The van der Waals surface area contributed by atoms with Crippen molar-refractivity contribution in [3.05, 3.63) is 35.4 Å². The minimum Gasteiger partial charge on any atom is -0.313 e. The molecule has 0 aromatic heterocycles. The maximum absolute atomic E-state index is 3.72. The van der Waals surface area contributed by atoms with E-state index in [0.717, 1.165) is 18.9 Å². The van der Waals surface area contributed by atoms with E-state index in [4.69, 9.17) is 0 Å². The summed E-state index contributed by atoms with van der Waals surface area (Å²) < 4.78 is 0. The molecule has 1 N–H and O–H groups in total. The van der Waals surface area contributed by atoms with Crippen molar-refractivity contribution >= 4 is 0 Å². The van der Waals surface area contributed by atoms with Crippen LogP contribution in [-0.2, 0) is 6.42 Å². The first-order chi connectivity index (χ1) is 8.35. The molecule has 2 unspecified atom stereocenters. The summed E-state index contributed by atoms with van der Waals surface area (Å²) in [5, 5.41) is 3.72. The number of nitrogens with one attached hydrogen (secondary N) is 1. The Labute approximate surface area is 106 Å². The van der Waals surface area contributed by atoms with Gasteiger partial charge in [0.25, 0.3) is 0 Å². The number of aryl methyl sites for hydroxylation is 1. The fourth-order valence-electron chi connectivity index (χ4n) is 2.98. The van der Waals surface area contributed by atoms with Crippen molar-refractivity contribution in [2.24, 2.45) is 0 Å². The van der Waals surface area contributed by atoms with Crippen molar-refractivity contribution in [2.45, 2.75) is 57.9 Å². The second-order valence-electron chi connectivity index (χ2n) is 5.20. The molecule has 1 aliphatic rings. The third-order valence-electron chi connectivity index (χ3n) is 3.96. The Morgan fingerprint density at radius 1 is 1.24 bits per heavy atom. The highest BCUT2D eigenvalue weighted by Crippen LogP contribution is 2.34. The molecule has 1 saturated carbocycles. The predicted molar refractivity (Wildman–Crippen MR) is 74.5 cm³/mol. The van der Waals surface area contributed by atoms with E-state index in [2.05, 4.69) is 43.4 Å². The van der Waals surface area contributed by atoms with Gasteiger partial charge in [0.2, 0.25) is 0 Å². The van der Waals surface area contributed by atoms with Crippen molar-refractivity contribution in [1.82, 2.24) is 5.32 Å².